The summed E-state index contributed by atoms with van der Waals surface area (Å²) < 4.78 is 4.76. The lowest BCUT2D eigenvalue weighted by molar-refractivity contribution is -0.120. The first-order chi connectivity index (χ1) is 7.20. The molecule has 4 nitrogen and oxygen atoms in total. The Morgan fingerprint density at radius 1 is 1.47 bits per heavy atom. The average Bonchev–Trinajstić information content (AvgIpc) is 2.61. The number of carbonyl (C=O) groups excluding carboxylic acids is 1. The molecule has 0 bridgehead atoms. The Labute approximate surface area is 87.3 Å². The fourth-order valence-corrected chi connectivity index (χ4v) is 1.41. The summed E-state index contributed by atoms with van der Waals surface area (Å²) in [5, 5.41) is 0. The number of H-pyrrole nitrogens is 1. The van der Waals surface area contributed by atoms with Crippen LogP contribution in [0.1, 0.15) is 25.6 Å². The van der Waals surface area contributed by atoms with Crippen LogP contribution in [0, 0.1) is 0 Å². The molecule has 0 fully saturated rings. The molecule has 0 unspecified atom stereocenters. The van der Waals surface area contributed by atoms with Crippen molar-refractivity contribution >= 4 is 17.5 Å². The maximum atomic E-state index is 10.2. The molecule has 0 saturated heterocycles. The number of hydrogen-bond acceptors (Lipinski definition) is 3. The van der Waals surface area contributed by atoms with Crippen LogP contribution in [0.2, 0.25) is 0 Å². The second-order valence-electron chi connectivity index (χ2n) is 3.67. The minimum Gasteiger partial charge on any atom is -0.429 e. The van der Waals surface area contributed by atoms with Gasteiger partial charge in [0.1, 0.15) is 11.6 Å². The molecule has 1 N–H and O–H groups in total. The molecule has 0 spiro atoms. The highest BCUT2D eigenvalue weighted by Gasteiger charge is 2.06. The van der Waals surface area contributed by atoms with Crippen molar-refractivity contribution in [2.45, 2.75) is 19.8 Å². The summed E-state index contributed by atoms with van der Waals surface area (Å²) in [6.07, 6.45) is 0. The SMILES string of the molecule is CC(C)c1nc2ccc(OC=O)cc2[nH]1. The number of rotatable bonds is 3. The first-order valence-corrected chi connectivity index (χ1v) is 4.80. The van der Waals surface area contributed by atoms with E-state index in [-0.39, 0.29) is 0 Å². The topological polar surface area (TPSA) is 55.0 Å². The summed E-state index contributed by atoms with van der Waals surface area (Å²) in [5.74, 6) is 1.82. The molecule has 4 heteroatoms. The molecule has 0 amide bonds. The van der Waals surface area contributed by atoms with Crippen molar-refractivity contribution in [1.82, 2.24) is 9.97 Å². The zero-order valence-electron chi connectivity index (χ0n) is 8.65. The summed E-state index contributed by atoms with van der Waals surface area (Å²) in [6, 6.07) is 5.32. The van der Waals surface area contributed by atoms with Crippen LogP contribution in [0.15, 0.2) is 18.2 Å². The van der Waals surface area contributed by atoms with Crippen molar-refractivity contribution in [1.29, 1.82) is 0 Å². The highest BCUT2D eigenvalue weighted by Crippen LogP contribution is 2.21. The Hall–Kier alpha value is -1.84. The zero-order valence-corrected chi connectivity index (χ0v) is 8.65. The maximum absolute atomic E-state index is 10.2. The third kappa shape index (κ3) is 1.83. The van der Waals surface area contributed by atoms with Crippen molar-refractivity contribution < 1.29 is 9.53 Å². The Kier molecular flexibility index (Phi) is 2.41. The Balaban J connectivity index is 2.47. The van der Waals surface area contributed by atoms with E-state index in [0.717, 1.165) is 16.9 Å². The normalized spacial score (nSPS) is 10.9. The van der Waals surface area contributed by atoms with Gasteiger partial charge in [-0.1, -0.05) is 13.8 Å². The van der Waals surface area contributed by atoms with E-state index < -0.39 is 0 Å². The summed E-state index contributed by atoms with van der Waals surface area (Å²) in [6.45, 7) is 4.56. The minimum absolute atomic E-state index is 0.354. The number of carbonyl (C=O) groups is 1. The molecular weight excluding hydrogens is 192 g/mol. The predicted octanol–water partition coefficient (Wildman–Crippen LogP) is 2.22. The minimum atomic E-state index is 0.354. The number of benzene rings is 1. The number of aromatic nitrogens is 2. The Bertz CT molecular complexity index is 488. The van der Waals surface area contributed by atoms with Crippen LogP contribution in [-0.4, -0.2) is 16.4 Å². The molecule has 15 heavy (non-hydrogen) atoms. The number of hydrogen-bond donors (Lipinski definition) is 1. The van der Waals surface area contributed by atoms with E-state index in [2.05, 4.69) is 23.8 Å². The van der Waals surface area contributed by atoms with Crippen molar-refractivity contribution in [3.8, 4) is 5.75 Å². The van der Waals surface area contributed by atoms with Crippen LogP contribution < -0.4 is 4.74 Å². The van der Waals surface area contributed by atoms with Crippen molar-refractivity contribution in [2.75, 3.05) is 0 Å². The van der Waals surface area contributed by atoms with Crippen molar-refractivity contribution in [2.24, 2.45) is 0 Å². The fraction of sp³-hybridized carbons (Fsp3) is 0.273. The Morgan fingerprint density at radius 2 is 2.27 bits per heavy atom. The zero-order chi connectivity index (χ0) is 10.8. The van der Waals surface area contributed by atoms with Crippen molar-refractivity contribution in [3.63, 3.8) is 0 Å². The van der Waals surface area contributed by atoms with Gasteiger partial charge in [0.2, 0.25) is 0 Å². The third-order valence-corrected chi connectivity index (χ3v) is 2.20. The van der Waals surface area contributed by atoms with E-state index >= 15 is 0 Å². The van der Waals surface area contributed by atoms with Gasteiger partial charge >= 0.3 is 0 Å². The molecule has 2 rings (SSSR count). The van der Waals surface area contributed by atoms with E-state index in [0.29, 0.717) is 18.1 Å². The van der Waals surface area contributed by atoms with Crippen LogP contribution in [0.4, 0.5) is 0 Å². The lowest BCUT2D eigenvalue weighted by atomic mass is 10.2. The van der Waals surface area contributed by atoms with Crippen LogP contribution >= 0.6 is 0 Å². The van der Waals surface area contributed by atoms with Crippen LogP contribution in [0.25, 0.3) is 11.0 Å². The number of imidazole rings is 1. The fourth-order valence-electron chi connectivity index (χ4n) is 1.41. The second-order valence-corrected chi connectivity index (χ2v) is 3.67. The number of nitrogens with one attached hydrogen (secondary N) is 1. The standard InChI is InChI=1S/C11H12N2O2/c1-7(2)11-12-9-4-3-8(15-6-14)5-10(9)13-11/h3-7H,1-2H3,(H,12,13). The number of nitrogens with zero attached hydrogens (tertiary/aromatic N) is 1. The van der Waals surface area contributed by atoms with Gasteiger partial charge in [0.05, 0.1) is 11.0 Å². The highest BCUT2D eigenvalue weighted by molar-refractivity contribution is 5.77. The summed E-state index contributed by atoms with van der Waals surface area (Å²) in [5.41, 5.74) is 1.77. The molecule has 0 saturated carbocycles. The molecule has 78 valence electrons. The van der Waals surface area contributed by atoms with Gasteiger partial charge in [-0.15, -0.1) is 0 Å². The molecule has 1 heterocycles. The molecule has 2 aromatic rings. The maximum Gasteiger partial charge on any atom is 0.298 e. The second kappa shape index (κ2) is 3.73. The number of aromatic amines is 1. The predicted molar refractivity (Wildman–Crippen MR) is 56.9 cm³/mol. The van der Waals surface area contributed by atoms with Gasteiger partial charge in [-0.25, -0.2) is 4.98 Å². The van der Waals surface area contributed by atoms with Crippen LogP contribution in [-0.2, 0) is 4.79 Å². The van der Waals surface area contributed by atoms with Gasteiger partial charge in [0, 0.05) is 12.0 Å². The highest BCUT2D eigenvalue weighted by atomic mass is 16.5. The van der Waals surface area contributed by atoms with Gasteiger partial charge in [-0.3, -0.25) is 4.79 Å². The molecule has 0 radical (unpaired) electrons. The lowest BCUT2D eigenvalue weighted by Gasteiger charge is -1.96. The average molecular weight is 204 g/mol. The summed E-state index contributed by atoms with van der Waals surface area (Å²) >= 11 is 0. The molecule has 0 aliphatic rings. The molecule has 0 aliphatic heterocycles. The Morgan fingerprint density at radius 3 is 2.93 bits per heavy atom. The van der Waals surface area contributed by atoms with Gasteiger partial charge in [0.25, 0.3) is 6.47 Å². The van der Waals surface area contributed by atoms with Gasteiger partial charge in [-0.2, -0.15) is 0 Å². The first-order valence-electron chi connectivity index (χ1n) is 4.80. The summed E-state index contributed by atoms with van der Waals surface area (Å²) in [7, 11) is 0. The number of fused-ring (bicyclic) bond motifs is 1. The van der Waals surface area contributed by atoms with Gasteiger partial charge in [-0.05, 0) is 12.1 Å². The molecule has 1 aromatic carbocycles. The smallest absolute Gasteiger partial charge is 0.298 e. The molecule has 0 atom stereocenters. The van der Waals surface area contributed by atoms with Crippen molar-refractivity contribution in [3.05, 3.63) is 24.0 Å². The van der Waals surface area contributed by atoms with E-state index in [1.165, 1.54) is 0 Å². The largest absolute Gasteiger partial charge is 0.429 e. The monoisotopic (exact) mass is 204 g/mol. The van der Waals surface area contributed by atoms with E-state index in [9.17, 15) is 4.79 Å². The number of ether oxygens (including phenoxy) is 1. The third-order valence-electron chi connectivity index (χ3n) is 2.20. The van der Waals surface area contributed by atoms with E-state index in [4.69, 9.17) is 4.74 Å². The quantitative estimate of drug-likeness (QED) is 0.780. The van der Waals surface area contributed by atoms with Gasteiger partial charge < -0.3 is 9.72 Å². The molecule has 0 aliphatic carbocycles. The van der Waals surface area contributed by atoms with E-state index in [1.54, 1.807) is 12.1 Å². The molecule has 1 aromatic heterocycles. The first kappa shape index (κ1) is 9.71. The lowest BCUT2D eigenvalue weighted by Crippen LogP contribution is -1.88. The summed E-state index contributed by atoms with van der Waals surface area (Å²) in [4.78, 5) is 17.8. The van der Waals surface area contributed by atoms with Crippen LogP contribution in [0.3, 0.4) is 0 Å². The van der Waals surface area contributed by atoms with Gasteiger partial charge in [0.15, 0.2) is 0 Å². The van der Waals surface area contributed by atoms with Crippen LogP contribution in [0.5, 0.6) is 5.75 Å². The van der Waals surface area contributed by atoms with E-state index in [1.807, 2.05) is 6.07 Å². The molecular formula is C11H12N2O2.